The first-order chi connectivity index (χ1) is 13.2. The van der Waals surface area contributed by atoms with E-state index in [-0.39, 0.29) is 0 Å². The maximum atomic E-state index is 6.01. The maximum absolute atomic E-state index is 6.01. The van der Waals surface area contributed by atoms with E-state index in [2.05, 4.69) is 58.1 Å². The van der Waals surface area contributed by atoms with Gasteiger partial charge in [0.25, 0.3) is 0 Å². The average Bonchev–Trinajstić information content (AvgIpc) is 3.27. The van der Waals surface area contributed by atoms with E-state index in [4.69, 9.17) is 4.74 Å². The fourth-order valence-corrected chi connectivity index (χ4v) is 5.31. The summed E-state index contributed by atoms with van der Waals surface area (Å²) < 4.78 is 8.12. The van der Waals surface area contributed by atoms with Crippen LogP contribution in [0.5, 0.6) is 0 Å². The molecule has 0 N–H and O–H groups in total. The van der Waals surface area contributed by atoms with Crippen LogP contribution in [0.3, 0.4) is 0 Å². The number of ether oxygens (including phenoxy) is 1. The van der Waals surface area contributed by atoms with Gasteiger partial charge in [0.2, 0.25) is 0 Å². The standard InChI is InChI=1S/C23H24N2OS/c1-16-24-11-12-25(16)19-5-9-22(10-6-19)27-23-4-2-3-17(15-23)18-13-20-7-8-21(14-18)26-20/h2-6,9-12,15,18,20-21H,7-8,13-14H2,1H3/t18-,20+,21-. The van der Waals surface area contributed by atoms with Crippen molar-refractivity contribution in [3.63, 3.8) is 0 Å². The third-order valence-electron chi connectivity index (χ3n) is 5.80. The van der Waals surface area contributed by atoms with E-state index in [1.165, 1.54) is 41.0 Å². The summed E-state index contributed by atoms with van der Waals surface area (Å²) >= 11 is 1.84. The van der Waals surface area contributed by atoms with E-state index in [1.54, 1.807) is 0 Å². The molecule has 2 fully saturated rings. The van der Waals surface area contributed by atoms with E-state index >= 15 is 0 Å². The highest BCUT2D eigenvalue weighted by Crippen LogP contribution is 2.42. The molecule has 0 aliphatic carbocycles. The largest absolute Gasteiger partial charge is 0.375 e. The molecule has 138 valence electrons. The van der Waals surface area contributed by atoms with Crippen LogP contribution in [0.15, 0.2) is 70.7 Å². The summed E-state index contributed by atoms with van der Waals surface area (Å²) in [5, 5.41) is 0. The van der Waals surface area contributed by atoms with Crippen LogP contribution in [0, 0.1) is 6.92 Å². The number of aromatic nitrogens is 2. The fourth-order valence-electron chi connectivity index (χ4n) is 4.42. The summed E-state index contributed by atoms with van der Waals surface area (Å²) in [6, 6.07) is 17.8. The highest BCUT2D eigenvalue weighted by Gasteiger charge is 2.35. The second kappa shape index (κ2) is 7.17. The lowest BCUT2D eigenvalue weighted by Gasteiger charge is -2.28. The van der Waals surface area contributed by atoms with Gasteiger partial charge in [-0.3, -0.25) is 0 Å². The van der Waals surface area contributed by atoms with Crippen molar-refractivity contribution in [1.82, 2.24) is 9.55 Å². The van der Waals surface area contributed by atoms with Crippen molar-refractivity contribution in [2.45, 2.75) is 60.5 Å². The lowest BCUT2D eigenvalue weighted by Crippen LogP contribution is -2.23. The van der Waals surface area contributed by atoms with Crippen LogP contribution in [0.2, 0.25) is 0 Å². The molecule has 0 radical (unpaired) electrons. The highest BCUT2D eigenvalue weighted by atomic mass is 32.2. The number of nitrogens with zero attached hydrogens (tertiary/aromatic N) is 2. The van der Waals surface area contributed by atoms with Gasteiger partial charge >= 0.3 is 0 Å². The van der Waals surface area contributed by atoms with Gasteiger partial charge in [-0.2, -0.15) is 0 Å². The van der Waals surface area contributed by atoms with Gasteiger partial charge in [-0.05, 0) is 80.5 Å². The molecule has 2 aromatic carbocycles. The van der Waals surface area contributed by atoms with Gasteiger partial charge in [-0.1, -0.05) is 23.9 Å². The van der Waals surface area contributed by atoms with Crippen LogP contribution in [0.4, 0.5) is 0 Å². The van der Waals surface area contributed by atoms with Crippen molar-refractivity contribution in [2.24, 2.45) is 0 Å². The van der Waals surface area contributed by atoms with E-state index < -0.39 is 0 Å². The number of imidazole rings is 1. The molecule has 3 nitrogen and oxygen atoms in total. The Bertz CT molecular complexity index is 922. The minimum Gasteiger partial charge on any atom is -0.375 e. The summed E-state index contributed by atoms with van der Waals surface area (Å²) in [5.74, 6) is 1.66. The normalized spacial score (nSPS) is 24.3. The summed E-state index contributed by atoms with van der Waals surface area (Å²) in [4.78, 5) is 6.88. The van der Waals surface area contributed by atoms with Crippen LogP contribution in [-0.2, 0) is 4.74 Å². The minimum absolute atomic E-state index is 0.490. The first-order valence-corrected chi connectivity index (χ1v) is 10.6. The molecule has 2 bridgehead atoms. The van der Waals surface area contributed by atoms with Crippen LogP contribution in [0.1, 0.15) is 43.0 Å². The smallest absolute Gasteiger partial charge is 0.110 e. The van der Waals surface area contributed by atoms with E-state index in [0.29, 0.717) is 18.1 Å². The molecule has 0 unspecified atom stereocenters. The molecule has 5 rings (SSSR count). The molecule has 3 atom stereocenters. The molecule has 3 aromatic rings. The molecule has 0 spiro atoms. The quantitative estimate of drug-likeness (QED) is 0.579. The topological polar surface area (TPSA) is 27.1 Å². The van der Waals surface area contributed by atoms with Crippen molar-refractivity contribution in [3.05, 3.63) is 72.3 Å². The Kier molecular flexibility index (Phi) is 4.54. The minimum atomic E-state index is 0.490. The number of benzene rings is 2. The lowest BCUT2D eigenvalue weighted by atomic mass is 9.88. The van der Waals surface area contributed by atoms with E-state index in [0.717, 1.165) is 11.5 Å². The molecule has 0 saturated carbocycles. The monoisotopic (exact) mass is 376 g/mol. The molecule has 2 aliphatic rings. The van der Waals surface area contributed by atoms with Crippen molar-refractivity contribution in [3.8, 4) is 5.69 Å². The molecular formula is C23H24N2OS. The van der Waals surface area contributed by atoms with Crippen LogP contribution >= 0.6 is 11.8 Å². The molecule has 4 heteroatoms. The van der Waals surface area contributed by atoms with Crippen molar-refractivity contribution in [1.29, 1.82) is 0 Å². The predicted octanol–water partition coefficient (Wildman–Crippen LogP) is 5.76. The van der Waals surface area contributed by atoms with Crippen LogP contribution < -0.4 is 0 Å². The number of fused-ring (bicyclic) bond motifs is 2. The van der Waals surface area contributed by atoms with Crippen LogP contribution in [-0.4, -0.2) is 21.8 Å². The Morgan fingerprint density at radius 3 is 2.48 bits per heavy atom. The second-order valence-electron chi connectivity index (χ2n) is 7.64. The lowest BCUT2D eigenvalue weighted by molar-refractivity contribution is -0.00382. The van der Waals surface area contributed by atoms with Crippen molar-refractivity contribution in [2.75, 3.05) is 0 Å². The molecule has 2 saturated heterocycles. The summed E-state index contributed by atoms with van der Waals surface area (Å²) in [5.41, 5.74) is 2.63. The molecule has 2 aliphatic heterocycles. The van der Waals surface area contributed by atoms with Gasteiger partial charge in [-0.15, -0.1) is 0 Å². The summed E-state index contributed by atoms with van der Waals surface area (Å²) in [7, 11) is 0. The third kappa shape index (κ3) is 3.56. The van der Waals surface area contributed by atoms with E-state index in [9.17, 15) is 0 Å². The van der Waals surface area contributed by atoms with Gasteiger partial charge < -0.3 is 9.30 Å². The van der Waals surface area contributed by atoms with Gasteiger partial charge in [0, 0.05) is 27.9 Å². The highest BCUT2D eigenvalue weighted by molar-refractivity contribution is 7.99. The first kappa shape index (κ1) is 17.1. The number of hydrogen-bond donors (Lipinski definition) is 0. The third-order valence-corrected chi connectivity index (χ3v) is 6.79. The average molecular weight is 377 g/mol. The Labute approximate surface area is 164 Å². The molecule has 0 amide bonds. The van der Waals surface area contributed by atoms with Crippen LogP contribution in [0.25, 0.3) is 5.69 Å². The SMILES string of the molecule is Cc1nccn1-c1ccc(Sc2cccc([C@H]3C[C@H]4CC[C@@H](C3)O4)c2)cc1. The van der Waals surface area contributed by atoms with Gasteiger partial charge in [-0.25, -0.2) is 4.98 Å². The Hall–Kier alpha value is -2.04. The number of aryl methyl sites for hydroxylation is 1. The Balaban J connectivity index is 1.32. The zero-order valence-corrected chi connectivity index (χ0v) is 16.4. The first-order valence-electron chi connectivity index (χ1n) is 9.78. The fraction of sp³-hybridized carbons (Fsp3) is 0.348. The number of rotatable bonds is 4. The van der Waals surface area contributed by atoms with Gasteiger partial charge in [0.05, 0.1) is 12.2 Å². The van der Waals surface area contributed by atoms with Gasteiger partial charge in [0.1, 0.15) is 5.82 Å². The molecular weight excluding hydrogens is 352 g/mol. The Morgan fingerprint density at radius 2 is 1.78 bits per heavy atom. The molecule has 1 aromatic heterocycles. The molecule has 27 heavy (non-hydrogen) atoms. The van der Waals surface area contributed by atoms with Gasteiger partial charge in [0.15, 0.2) is 0 Å². The van der Waals surface area contributed by atoms with E-state index in [1.807, 2.05) is 31.1 Å². The predicted molar refractivity (Wildman–Crippen MR) is 109 cm³/mol. The number of hydrogen-bond acceptors (Lipinski definition) is 3. The van der Waals surface area contributed by atoms with Crippen molar-refractivity contribution >= 4 is 11.8 Å². The zero-order chi connectivity index (χ0) is 18.2. The molecule has 3 heterocycles. The Morgan fingerprint density at radius 1 is 1.00 bits per heavy atom. The summed E-state index contributed by atoms with van der Waals surface area (Å²) in [6.07, 6.45) is 9.69. The van der Waals surface area contributed by atoms with Crippen molar-refractivity contribution < 1.29 is 4.74 Å². The second-order valence-corrected chi connectivity index (χ2v) is 8.79. The zero-order valence-electron chi connectivity index (χ0n) is 15.5. The summed E-state index contributed by atoms with van der Waals surface area (Å²) in [6.45, 7) is 2.02. The maximum Gasteiger partial charge on any atom is 0.110 e.